The number of nitrogens with one attached hydrogen (secondary N) is 2. The van der Waals surface area contributed by atoms with Gasteiger partial charge in [0, 0.05) is 38.3 Å². The van der Waals surface area contributed by atoms with Gasteiger partial charge >= 0.3 is 0 Å². The first-order chi connectivity index (χ1) is 12.0. The summed E-state index contributed by atoms with van der Waals surface area (Å²) in [7, 11) is 1.69. The highest BCUT2D eigenvalue weighted by molar-refractivity contribution is 5.80. The third-order valence-electron chi connectivity index (χ3n) is 4.87. The largest absolute Gasteiger partial charge is 0.497 e. The first-order valence-corrected chi connectivity index (χ1v) is 9.45. The molecule has 0 amide bonds. The third-order valence-corrected chi connectivity index (χ3v) is 4.87. The molecular formula is C20H34N4O. The second-order valence-corrected chi connectivity index (χ2v) is 7.13. The molecule has 1 aromatic carbocycles. The smallest absolute Gasteiger partial charge is 0.191 e. The van der Waals surface area contributed by atoms with Gasteiger partial charge in [0.2, 0.25) is 0 Å². The van der Waals surface area contributed by atoms with Crippen LogP contribution in [0.4, 0.5) is 0 Å². The van der Waals surface area contributed by atoms with E-state index in [2.05, 4.69) is 55.4 Å². The van der Waals surface area contributed by atoms with Gasteiger partial charge in [0.05, 0.1) is 7.11 Å². The van der Waals surface area contributed by atoms with Gasteiger partial charge < -0.3 is 15.4 Å². The normalized spacial score (nSPS) is 21.6. The van der Waals surface area contributed by atoms with Crippen molar-refractivity contribution in [2.45, 2.75) is 46.2 Å². The highest BCUT2D eigenvalue weighted by Gasteiger charge is 2.31. The number of hydrogen-bond donors (Lipinski definition) is 2. The van der Waals surface area contributed by atoms with E-state index in [4.69, 9.17) is 9.73 Å². The van der Waals surface area contributed by atoms with E-state index in [1.165, 1.54) is 5.56 Å². The first kappa shape index (κ1) is 19.6. The molecule has 2 rings (SSSR count). The predicted molar refractivity (Wildman–Crippen MR) is 105 cm³/mol. The lowest BCUT2D eigenvalue weighted by molar-refractivity contribution is 0.265. The van der Waals surface area contributed by atoms with E-state index in [-0.39, 0.29) is 0 Å². The summed E-state index contributed by atoms with van der Waals surface area (Å²) in [5.41, 5.74) is 1.28. The Balaban J connectivity index is 1.89. The Hall–Kier alpha value is -1.75. The molecule has 140 valence electrons. The zero-order chi connectivity index (χ0) is 18.2. The molecule has 0 radical (unpaired) electrons. The zero-order valence-corrected chi connectivity index (χ0v) is 16.4. The molecule has 1 saturated heterocycles. The molecule has 1 aromatic rings. The lowest BCUT2D eigenvalue weighted by atomic mass is 10.1. The summed E-state index contributed by atoms with van der Waals surface area (Å²) in [5, 5.41) is 7.01. The molecule has 1 aliphatic rings. The van der Waals surface area contributed by atoms with Crippen LogP contribution in [0.15, 0.2) is 29.3 Å². The van der Waals surface area contributed by atoms with E-state index in [1.54, 1.807) is 7.11 Å². The van der Waals surface area contributed by atoms with Crippen molar-refractivity contribution in [3.8, 4) is 5.75 Å². The Morgan fingerprint density at radius 2 is 2.00 bits per heavy atom. The fourth-order valence-corrected chi connectivity index (χ4v) is 3.20. The van der Waals surface area contributed by atoms with E-state index in [0.717, 1.165) is 44.3 Å². The summed E-state index contributed by atoms with van der Waals surface area (Å²) in [4.78, 5) is 7.29. The van der Waals surface area contributed by atoms with Gasteiger partial charge in [-0.2, -0.15) is 0 Å². The van der Waals surface area contributed by atoms with Crippen molar-refractivity contribution in [2.75, 3.05) is 33.3 Å². The van der Waals surface area contributed by atoms with Crippen LogP contribution in [-0.2, 0) is 6.42 Å². The Labute approximate surface area is 152 Å². The quantitative estimate of drug-likeness (QED) is 0.588. The molecule has 0 bridgehead atoms. The van der Waals surface area contributed by atoms with Crippen LogP contribution in [0.25, 0.3) is 0 Å². The average molecular weight is 347 g/mol. The summed E-state index contributed by atoms with van der Waals surface area (Å²) in [5.74, 6) is 2.46. The number of nitrogens with zero attached hydrogens (tertiary/aromatic N) is 2. The number of methoxy groups -OCH3 is 1. The van der Waals surface area contributed by atoms with Crippen molar-refractivity contribution >= 4 is 5.96 Å². The van der Waals surface area contributed by atoms with E-state index in [1.807, 2.05) is 12.1 Å². The maximum atomic E-state index is 5.20. The third kappa shape index (κ3) is 5.92. The van der Waals surface area contributed by atoms with Crippen LogP contribution in [-0.4, -0.2) is 56.2 Å². The molecule has 2 atom stereocenters. The topological polar surface area (TPSA) is 48.9 Å². The molecular weight excluding hydrogens is 312 g/mol. The highest BCUT2D eigenvalue weighted by atomic mass is 16.5. The van der Waals surface area contributed by atoms with Crippen LogP contribution in [0, 0.1) is 5.92 Å². The minimum Gasteiger partial charge on any atom is -0.497 e. The average Bonchev–Trinajstić information content (AvgIpc) is 2.97. The van der Waals surface area contributed by atoms with Crippen molar-refractivity contribution in [3.63, 3.8) is 0 Å². The monoisotopic (exact) mass is 346 g/mol. The fraction of sp³-hybridized carbons (Fsp3) is 0.650. The molecule has 0 aliphatic carbocycles. The lowest BCUT2D eigenvalue weighted by Crippen LogP contribution is -2.46. The second-order valence-electron chi connectivity index (χ2n) is 7.13. The molecule has 2 unspecified atom stereocenters. The SMILES string of the molecule is CCNC(=NCCc1ccc(OC)cc1)NC1CN(C(C)C)CC1C. The summed E-state index contributed by atoms with van der Waals surface area (Å²) in [6.07, 6.45) is 0.929. The Kier molecular flexibility index (Phi) is 7.56. The molecule has 0 spiro atoms. The summed E-state index contributed by atoms with van der Waals surface area (Å²) in [6.45, 7) is 12.9. The van der Waals surface area contributed by atoms with Crippen molar-refractivity contribution in [1.82, 2.24) is 15.5 Å². The second kappa shape index (κ2) is 9.66. The molecule has 1 heterocycles. The van der Waals surface area contributed by atoms with Crippen LogP contribution in [0.1, 0.15) is 33.3 Å². The van der Waals surface area contributed by atoms with Crippen LogP contribution < -0.4 is 15.4 Å². The number of rotatable bonds is 7. The summed E-state index contributed by atoms with van der Waals surface area (Å²) in [6, 6.07) is 9.28. The van der Waals surface area contributed by atoms with E-state index < -0.39 is 0 Å². The fourth-order valence-electron chi connectivity index (χ4n) is 3.20. The van der Waals surface area contributed by atoms with E-state index >= 15 is 0 Å². The van der Waals surface area contributed by atoms with Crippen molar-refractivity contribution in [1.29, 1.82) is 0 Å². The number of hydrogen-bond acceptors (Lipinski definition) is 3. The maximum Gasteiger partial charge on any atom is 0.191 e. The van der Waals surface area contributed by atoms with E-state index in [0.29, 0.717) is 18.0 Å². The minimum atomic E-state index is 0.459. The number of guanidine groups is 1. The minimum absolute atomic E-state index is 0.459. The van der Waals surface area contributed by atoms with Gasteiger partial charge in [-0.1, -0.05) is 19.1 Å². The number of aliphatic imine (C=N–C) groups is 1. The molecule has 2 N–H and O–H groups in total. The van der Waals surface area contributed by atoms with Gasteiger partial charge in [-0.15, -0.1) is 0 Å². The van der Waals surface area contributed by atoms with Crippen LogP contribution >= 0.6 is 0 Å². The molecule has 5 heteroatoms. The maximum absolute atomic E-state index is 5.20. The van der Waals surface area contributed by atoms with Crippen molar-refractivity contribution < 1.29 is 4.74 Å². The molecule has 1 fully saturated rings. The molecule has 1 aliphatic heterocycles. The molecule has 0 saturated carbocycles. The van der Waals surface area contributed by atoms with Crippen molar-refractivity contribution in [3.05, 3.63) is 29.8 Å². The number of ether oxygens (including phenoxy) is 1. The van der Waals surface area contributed by atoms with Gasteiger partial charge in [0.1, 0.15) is 5.75 Å². The van der Waals surface area contributed by atoms with Crippen LogP contribution in [0.2, 0.25) is 0 Å². The standard InChI is InChI=1S/C20H34N4O/c1-6-21-20(23-19-14-24(15(2)3)13-16(19)4)22-12-11-17-7-9-18(25-5)10-8-17/h7-10,15-16,19H,6,11-14H2,1-5H3,(H2,21,22,23). The Morgan fingerprint density at radius 1 is 1.28 bits per heavy atom. The molecule has 5 nitrogen and oxygen atoms in total. The number of benzene rings is 1. The lowest BCUT2D eigenvalue weighted by Gasteiger charge is -2.22. The van der Waals surface area contributed by atoms with Gasteiger partial charge in [-0.3, -0.25) is 9.89 Å². The highest BCUT2D eigenvalue weighted by Crippen LogP contribution is 2.18. The van der Waals surface area contributed by atoms with Gasteiger partial charge in [-0.25, -0.2) is 0 Å². The van der Waals surface area contributed by atoms with Crippen LogP contribution in [0.5, 0.6) is 5.75 Å². The van der Waals surface area contributed by atoms with Crippen molar-refractivity contribution in [2.24, 2.45) is 10.9 Å². The first-order valence-electron chi connectivity index (χ1n) is 9.45. The van der Waals surface area contributed by atoms with E-state index in [9.17, 15) is 0 Å². The summed E-state index contributed by atoms with van der Waals surface area (Å²) >= 11 is 0. The zero-order valence-electron chi connectivity index (χ0n) is 16.4. The predicted octanol–water partition coefficient (Wildman–Crippen LogP) is 2.52. The Morgan fingerprint density at radius 3 is 2.56 bits per heavy atom. The molecule has 0 aromatic heterocycles. The summed E-state index contributed by atoms with van der Waals surface area (Å²) < 4.78 is 5.20. The number of likely N-dealkylation sites (tertiary alicyclic amines) is 1. The molecule has 25 heavy (non-hydrogen) atoms. The van der Waals surface area contributed by atoms with Gasteiger partial charge in [0.15, 0.2) is 5.96 Å². The van der Waals surface area contributed by atoms with Crippen LogP contribution in [0.3, 0.4) is 0 Å². The van der Waals surface area contributed by atoms with Gasteiger partial charge in [0.25, 0.3) is 0 Å². The Bertz CT molecular complexity index is 541. The van der Waals surface area contributed by atoms with Gasteiger partial charge in [-0.05, 0) is 50.8 Å².